The van der Waals surface area contributed by atoms with Crippen molar-refractivity contribution in [3.05, 3.63) is 120 Å². The maximum Gasteiger partial charge on any atom is 0.271 e. The third-order valence-corrected chi connectivity index (χ3v) is 7.12. The molecule has 220 valence electrons. The minimum absolute atomic E-state index is 0.126. The highest BCUT2D eigenvalue weighted by molar-refractivity contribution is 5.95. The summed E-state index contributed by atoms with van der Waals surface area (Å²) in [6, 6.07) is 32.3. The van der Waals surface area contributed by atoms with Crippen LogP contribution in [0.25, 0.3) is 0 Å². The molecule has 0 radical (unpaired) electrons. The molecule has 0 bridgehead atoms. The number of nitrogens with zero attached hydrogens (tertiary/aromatic N) is 3. The van der Waals surface area contributed by atoms with Crippen LogP contribution in [0.3, 0.4) is 0 Å². The molecule has 0 aliphatic carbocycles. The van der Waals surface area contributed by atoms with Crippen molar-refractivity contribution in [3.8, 4) is 11.5 Å². The van der Waals surface area contributed by atoms with Crippen LogP contribution in [0, 0.1) is 0 Å². The number of rotatable bonds is 11. The summed E-state index contributed by atoms with van der Waals surface area (Å²) in [5.74, 6) is 0.714. The fourth-order valence-electron chi connectivity index (χ4n) is 4.72. The number of hydrogen-bond donors (Lipinski definition) is 2. The topological polar surface area (TPSA) is 95.5 Å². The standard InChI is InChI=1S/C34H35N5O4/c1-42-31-17-13-29(14-18-31)36-33(40)25-43-32-15-9-26(10-16-32)23-35-37-34(41)28-11-7-27(8-12-28)24-38-19-21-39(22-20-38)30-5-3-2-4-6-30/h2-18,23H,19-22,24-25H2,1H3,(H,36,40)(H,37,41)/b35-23-. The van der Waals surface area contributed by atoms with E-state index in [0.717, 1.165) is 38.3 Å². The van der Waals surface area contributed by atoms with Crippen LogP contribution in [0.5, 0.6) is 11.5 Å². The molecule has 1 saturated heterocycles. The summed E-state index contributed by atoms with van der Waals surface area (Å²) in [5.41, 5.74) is 7.01. The van der Waals surface area contributed by atoms with Crippen LogP contribution in [-0.4, -0.2) is 62.8 Å². The Bertz CT molecular complexity index is 1500. The average Bonchev–Trinajstić information content (AvgIpc) is 3.06. The van der Waals surface area contributed by atoms with E-state index in [4.69, 9.17) is 9.47 Å². The van der Waals surface area contributed by atoms with Gasteiger partial charge < -0.3 is 19.7 Å². The summed E-state index contributed by atoms with van der Waals surface area (Å²) in [6.45, 7) is 4.73. The van der Waals surface area contributed by atoms with E-state index in [-0.39, 0.29) is 18.4 Å². The van der Waals surface area contributed by atoms with Crippen LogP contribution in [0.4, 0.5) is 11.4 Å². The Kier molecular flexibility index (Phi) is 10.0. The van der Waals surface area contributed by atoms with Gasteiger partial charge in [0.2, 0.25) is 0 Å². The molecule has 9 nitrogen and oxygen atoms in total. The number of piperazine rings is 1. The van der Waals surface area contributed by atoms with E-state index in [1.165, 1.54) is 11.3 Å². The number of carbonyl (C=O) groups is 2. The van der Waals surface area contributed by atoms with E-state index >= 15 is 0 Å². The van der Waals surface area contributed by atoms with Gasteiger partial charge in [0.25, 0.3) is 11.8 Å². The third-order valence-electron chi connectivity index (χ3n) is 7.12. The Morgan fingerprint density at radius 2 is 1.49 bits per heavy atom. The zero-order valence-electron chi connectivity index (χ0n) is 24.1. The largest absolute Gasteiger partial charge is 0.497 e. The number of hydrogen-bond acceptors (Lipinski definition) is 7. The van der Waals surface area contributed by atoms with Crippen molar-refractivity contribution >= 4 is 29.4 Å². The Morgan fingerprint density at radius 1 is 0.814 bits per heavy atom. The molecule has 1 fully saturated rings. The van der Waals surface area contributed by atoms with E-state index < -0.39 is 0 Å². The molecule has 2 amide bonds. The van der Waals surface area contributed by atoms with E-state index in [9.17, 15) is 9.59 Å². The Balaban J connectivity index is 1.02. The van der Waals surface area contributed by atoms with E-state index in [2.05, 4.69) is 49.9 Å². The van der Waals surface area contributed by atoms with Crippen LogP contribution >= 0.6 is 0 Å². The Hall–Kier alpha value is -5.15. The number of ether oxygens (including phenoxy) is 2. The summed E-state index contributed by atoms with van der Waals surface area (Å²) < 4.78 is 10.7. The molecule has 0 aromatic heterocycles. The number of nitrogens with one attached hydrogen (secondary N) is 2. The lowest BCUT2D eigenvalue weighted by Crippen LogP contribution is -2.45. The summed E-state index contributed by atoms with van der Waals surface area (Å²) in [6.07, 6.45) is 1.56. The normalized spacial score (nSPS) is 13.5. The quantitative estimate of drug-likeness (QED) is 0.197. The Morgan fingerprint density at radius 3 is 2.16 bits per heavy atom. The first-order valence-corrected chi connectivity index (χ1v) is 14.2. The van der Waals surface area contributed by atoms with Crippen molar-refractivity contribution in [3.63, 3.8) is 0 Å². The van der Waals surface area contributed by atoms with Crippen LogP contribution in [0.1, 0.15) is 21.5 Å². The highest BCUT2D eigenvalue weighted by Crippen LogP contribution is 2.18. The van der Waals surface area contributed by atoms with Crippen molar-refractivity contribution in [2.45, 2.75) is 6.54 Å². The van der Waals surface area contributed by atoms with Crippen molar-refractivity contribution in [2.24, 2.45) is 5.10 Å². The second kappa shape index (κ2) is 14.7. The zero-order valence-corrected chi connectivity index (χ0v) is 24.1. The minimum Gasteiger partial charge on any atom is -0.497 e. The summed E-state index contributed by atoms with van der Waals surface area (Å²) in [7, 11) is 1.59. The van der Waals surface area contributed by atoms with Gasteiger partial charge in [0.05, 0.1) is 13.3 Å². The van der Waals surface area contributed by atoms with E-state index in [1.54, 1.807) is 61.9 Å². The number of methoxy groups -OCH3 is 1. The molecule has 9 heteroatoms. The average molecular weight is 578 g/mol. The fraction of sp³-hybridized carbons (Fsp3) is 0.206. The van der Waals surface area contributed by atoms with E-state index in [0.29, 0.717) is 22.7 Å². The monoisotopic (exact) mass is 577 g/mol. The van der Waals surface area contributed by atoms with Crippen LogP contribution in [-0.2, 0) is 11.3 Å². The van der Waals surface area contributed by atoms with Gasteiger partial charge in [0, 0.05) is 49.7 Å². The lowest BCUT2D eigenvalue weighted by atomic mass is 10.1. The van der Waals surface area contributed by atoms with Crippen molar-refractivity contribution in [2.75, 3.05) is 50.1 Å². The molecule has 4 aromatic rings. The van der Waals surface area contributed by atoms with Gasteiger partial charge in [-0.3, -0.25) is 14.5 Å². The lowest BCUT2D eigenvalue weighted by molar-refractivity contribution is -0.118. The second-order valence-electron chi connectivity index (χ2n) is 10.1. The molecule has 1 aliphatic rings. The summed E-state index contributed by atoms with van der Waals surface area (Å²) in [5, 5.41) is 6.85. The molecular weight excluding hydrogens is 542 g/mol. The summed E-state index contributed by atoms with van der Waals surface area (Å²) >= 11 is 0. The predicted molar refractivity (Wildman–Crippen MR) is 169 cm³/mol. The molecule has 2 N–H and O–H groups in total. The molecule has 0 spiro atoms. The first kappa shape index (κ1) is 29.3. The number of carbonyl (C=O) groups excluding carboxylic acids is 2. The maximum absolute atomic E-state index is 12.6. The molecule has 0 saturated carbocycles. The second-order valence-corrected chi connectivity index (χ2v) is 10.1. The van der Waals surface area contributed by atoms with Gasteiger partial charge in [-0.2, -0.15) is 5.10 Å². The molecule has 43 heavy (non-hydrogen) atoms. The molecular formula is C34H35N5O4. The highest BCUT2D eigenvalue weighted by Gasteiger charge is 2.17. The number of anilines is 2. The molecule has 1 heterocycles. The smallest absolute Gasteiger partial charge is 0.271 e. The number of amides is 2. The predicted octanol–water partition coefficient (Wildman–Crippen LogP) is 4.80. The third kappa shape index (κ3) is 8.67. The molecule has 5 rings (SSSR count). The van der Waals surface area contributed by atoms with Crippen LogP contribution in [0.2, 0.25) is 0 Å². The molecule has 1 aliphatic heterocycles. The number of benzene rings is 4. The van der Waals surface area contributed by atoms with Crippen LogP contribution < -0.4 is 25.1 Å². The van der Waals surface area contributed by atoms with Crippen LogP contribution in [0.15, 0.2) is 108 Å². The van der Waals surface area contributed by atoms with Gasteiger partial charge in [-0.25, -0.2) is 5.43 Å². The first-order valence-electron chi connectivity index (χ1n) is 14.2. The van der Waals surface area contributed by atoms with Gasteiger partial charge in [-0.15, -0.1) is 0 Å². The molecule has 0 atom stereocenters. The van der Waals surface area contributed by atoms with Gasteiger partial charge in [0.15, 0.2) is 6.61 Å². The first-order chi connectivity index (χ1) is 21.1. The maximum atomic E-state index is 12.6. The lowest BCUT2D eigenvalue weighted by Gasteiger charge is -2.36. The van der Waals surface area contributed by atoms with Gasteiger partial charge in [-0.05, 0) is 83.9 Å². The summed E-state index contributed by atoms with van der Waals surface area (Å²) in [4.78, 5) is 29.6. The van der Waals surface area contributed by atoms with Crippen molar-refractivity contribution < 1.29 is 19.1 Å². The van der Waals surface area contributed by atoms with Gasteiger partial charge in [-0.1, -0.05) is 30.3 Å². The van der Waals surface area contributed by atoms with Gasteiger partial charge >= 0.3 is 0 Å². The SMILES string of the molecule is COc1ccc(NC(=O)COc2ccc(/C=N\NC(=O)c3ccc(CN4CCN(c5ccccc5)CC4)cc3)cc2)cc1. The zero-order chi connectivity index (χ0) is 29.9. The number of para-hydroxylation sites is 1. The molecule has 4 aromatic carbocycles. The Labute approximate surface area is 251 Å². The highest BCUT2D eigenvalue weighted by atomic mass is 16.5. The van der Waals surface area contributed by atoms with Gasteiger partial charge in [0.1, 0.15) is 11.5 Å². The molecule has 0 unspecified atom stereocenters. The van der Waals surface area contributed by atoms with Crippen molar-refractivity contribution in [1.29, 1.82) is 0 Å². The minimum atomic E-state index is -0.276. The fourth-order valence-corrected chi connectivity index (χ4v) is 4.72. The number of hydrazone groups is 1. The van der Waals surface area contributed by atoms with Crippen molar-refractivity contribution in [1.82, 2.24) is 10.3 Å². The van der Waals surface area contributed by atoms with E-state index in [1.807, 2.05) is 30.3 Å².